The van der Waals surface area contributed by atoms with Gasteiger partial charge in [0.05, 0.1) is 0 Å². The summed E-state index contributed by atoms with van der Waals surface area (Å²) in [4.78, 5) is 2.89. The Hall–Kier alpha value is -0.0800. The van der Waals surface area contributed by atoms with Gasteiger partial charge in [0.15, 0.2) is 0 Å². The number of hydrogen-bond acceptors (Lipinski definition) is 2. The third-order valence-corrected chi connectivity index (χ3v) is 5.84. The number of nitrogens with zero attached hydrogens (tertiary/aromatic N) is 1. The molecule has 3 aliphatic rings. The van der Waals surface area contributed by atoms with E-state index >= 15 is 0 Å². The lowest BCUT2D eigenvalue weighted by molar-refractivity contribution is 0.0297. The Morgan fingerprint density at radius 2 is 1.58 bits per heavy atom. The van der Waals surface area contributed by atoms with Crippen molar-refractivity contribution in [2.45, 2.75) is 76.7 Å². The van der Waals surface area contributed by atoms with Gasteiger partial charge in [0, 0.05) is 19.1 Å². The molecule has 0 aromatic heterocycles. The molecule has 2 aliphatic heterocycles. The van der Waals surface area contributed by atoms with Crippen molar-refractivity contribution in [3.05, 3.63) is 0 Å². The highest BCUT2D eigenvalue weighted by atomic mass is 15.2. The average Bonchev–Trinajstić information content (AvgIpc) is 2.39. The van der Waals surface area contributed by atoms with Crippen molar-refractivity contribution < 1.29 is 0 Å². The summed E-state index contributed by atoms with van der Waals surface area (Å²) < 4.78 is 0. The summed E-state index contributed by atoms with van der Waals surface area (Å²) in [6.45, 7) is 5.32. The van der Waals surface area contributed by atoms with Gasteiger partial charge < -0.3 is 5.32 Å². The summed E-state index contributed by atoms with van der Waals surface area (Å²) >= 11 is 0. The zero-order valence-electron chi connectivity index (χ0n) is 12.6. The molecular weight excluding hydrogens is 232 g/mol. The van der Waals surface area contributed by atoms with Gasteiger partial charge in [0.1, 0.15) is 0 Å². The van der Waals surface area contributed by atoms with Gasteiger partial charge in [0.25, 0.3) is 0 Å². The van der Waals surface area contributed by atoms with E-state index in [2.05, 4.69) is 10.2 Å². The molecule has 2 heteroatoms. The van der Waals surface area contributed by atoms with Crippen LogP contribution in [0.1, 0.15) is 70.6 Å². The van der Waals surface area contributed by atoms with Gasteiger partial charge in [-0.15, -0.1) is 0 Å². The average molecular weight is 264 g/mol. The summed E-state index contributed by atoms with van der Waals surface area (Å²) in [6, 6.07) is 0.916. The summed E-state index contributed by atoms with van der Waals surface area (Å²) in [5.41, 5.74) is 0.638. The van der Waals surface area contributed by atoms with Gasteiger partial charge in [-0.25, -0.2) is 0 Å². The monoisotopic (exact) mass is 264 g/mol. The number of likely N-dealkylation sites (tertiary alicyclic amines) is 1. The Morgan fingerprint density at radius 1 is 0.842 bits per heavy atom. The van der Waals surface area contributed by atoms with E-state index in [1.807, 2.05) is 0 Å². The van der Waals surface area contributed by atoms with E-state index in [-0.39, 0.29) is 0 Å². The van der Waals surface area contributed by atoms with E-state index in [1.165, 1.54) is 96.8 Å². The molecule has 110 valence electrons. The molecule has 3 rings (SSSR count). The predicted molar refractivity (Wildman–Crippen MR) is 81.5 cm³/mol. The van der Waals surface area contributed by atoms with Gasteiger partial charge in [0.2, 0.25) is 0 Å². The van der Waals surface area contributed by atoms with Crippen LogP contribution in [0.25, 0.3) is 0 Å². The van der Waals surface area contributed by atoms with E-state index in [0.29, 0.717) is 5.41 Å². The maximum Gasteiger partial charge on any atom is 0.00955 e. The maximum atomic E-state index is 3.66. The summed E-state index contributed by atoms with van der Waals surface area (Å²) in [6.07, 6.45) is 16.2. The molecule has 1 saturated carbocycles. The molecule has 2 nitrogen and oxygen atoms in total. The van der Waals surface area contributed by atoms with Crippen molar-refractivity contribution >= 4 is 0 Å². The van der Waals surface area contributed by atoms with Gasteiger partial charge >= 0.3 is 0 Å². The molecule has 2 heterocycles. The molecule has 1 N–H and O–H groups in total. The van der Waals surface area contributed by atoms with E-state index in [0.717, 1.165) is 6.04 Å². The van der Waals surface area contributed by atoms with Crippen LogP contribution < -0.4 is 5.32 Å². The lowest BCUT2D eigenvalue weighted by Crippen LogP contribution is -2.53. The second kappa shape index (κ2) is 6.58. The summed E-state index contributed by atoms with van der Waals surface area (Å²) in [5, 5.41) is 3.66. The highest BCUT2D eigenvalue weighted by molar-refractivity contribution is 4.93. The third kappa shape index (κ3) is 3.52. The molecule has 1 unspecified atom stereocenters. The lowest BCUT2D eigenvalue weighted by atomic mass is 9.73. The smallest absolute Gasteiger partial charge is 0.00955 e. The Labute approximate surface area is 119 Å². The quantitative estimate of drug-likeness (QED) is 0.779. The van der Waals surface area contributed by atoms with Crippen LogP contribution in [0, 0.1) is 5.41 Å². The number of rotatable bonds is 1. The van der Waals surface area contributed by atoms with Gasteiger partial charge in [-0.3, -0.25) is 4.90 Å². The minimum absolute atomic E-state index is 0.638. The second-order valence-electron chi connectivity index (χ2n) is 7.35. The minimum atomic E-state index is 0.638. The van der Waals surface area contributed by atoms with Crippen molar-refractivity contribution in [1.82, 2.24) is 10.2 Å². The first kappa shape index (κ1) is 13.9. The van der Waals surface area contributed by atoms with Crippen LogP contribution in [0.2, 0.25) is 0 Å². The highest BCUT2D eigenvalue weighted by Crippen LogP contribution is 2.37. The molecule has 1 aliphatic carbocycles. The van der Waals surface area contributed by atoms with Crippen molar-refractivity contribution in [3.8, 4) is 0 Å². The van der Waals surface area contributed by atoms with Crippen LogP contribution >= 0.6 is 0 Å². The number of nitrogens with one attached hydrogen (secondary N) is 1. The van der Waals surface area contributed by atoms with E-state index in [9.17, 15) is 0 Å². The molecule has 0 aromatic carbocycles. The van der Waals surface area contributed by atoms with Crippen molar-refractivity contribution in [2.24, 2.45) is 5.41 Å². The molecule has 1 atom stereocenters. The van der Waals surface area contributed by atoms with Gasteiger partial charge in [-0.2, -0.15) is 0 Å². The van der Waals surface area contributed by atoms with E-state index < -0.39 is 0 Å². The van der Waals surface area contributed by atoms with Crippen LogP contribution in [0.5, 0.6) is 0 Å². The molecule has 0 radical (unpaired) electrons. The Kier molecular flexibility index (Phi) is 4.81. The number of hydrogen-bond donors (Lipinski definition) is 1. The lowest BCUT2D eigenvalue weighted by Gasteiger charge is -2.48. The molecule has 0 aromatic rings. The molecular formula is C17H32N2. The SMILES string of the molecule is C1CCCC(N2CCCC3(CCCNC3)C2)CCC1. The summed E-state index contributed by atoms with van der Waals surface area (Å²) in [7, 11) is 0. The maximum absolute atomic E-state index is 3.66. The van der Waals surface area contributed by atoms with Crippen LogP contribution in [0.4, 0.5) is 0 Å². The van der Waals surface area contributed by atoms with Crippen LogP contribution in [-0.2, 0) is 0 Å². The highest BCUT2D eigenvalue weighted by Gasteiger charge is 2.38. The van der Waals surface area contributed by atoms with Crippen LogP contribution in [-0.4, -0.2) is 37.1 Å². The minimum Gasteiger partial charge on any atom is -0.316 e. The Morgan fingerprint density at radius 3 is 2.32 bits per heavy atom. The van der Waals surface area contributed by atoms with Crippen molar-refractivity contribution in [2.75, 3.05) is 26.2 Å². The van der Waals surface area contributed by atoms with Crippen LogP contribution in [0.15, 0.2) is 0 Å². The molecule has 0 bridgehead atoms. The van der Waals surface area contributed by atoms with Gasteiger partial charge in [-0.1, -0.05) is 32.1 Å². The topological polar surface area (TPSA) is 15.3 Å². The molecule has 0 amide bonds. The fourth-order valence-corrected chi connectivity index (χ4v) is 4.74. The first-order chi connectivity index (χ1) is 9.38. The standard InChI is InChI=1S/C17H32N2/c1-2-4-8-16(9-5-3-1)19-13-7-11-17(15-19)10-6-12-18-14-17/h16,18H,1-15H2. The van der Waals surface area contributed by atoms with Gasteiger partial charge in [-0.05, 0) is 57.0 Å². The van der Waals surface area contributed by atoms with Crippen LogP contribution in [0.3, 0.4) is 0 Å². The molecule has 2 saturated heterocycles. The molecule has 19 heavy (non-hydrogen) atoms. The van der Waals surface area contributed by atoms with E-state index in [4.69, 9.17) is 0 Å². The Balaban J connectivity index is 1.59. The second-order valence-corrected chi connectivity index (χ2v) is 7.35. The largest absolute Gasteiger partial charge is 0.316 e. The number of piperidine rings is 2. The zero-order valence-corrected chi connectivity index (χ0v) is 12.6. The normalized spacial score (nSPS) is 36.0. The zero-order chi connectivity index (χ0) is 13.0. The first-order valence-electron chi connectivity index (χ1n) is 8.83. The third-order valence-electron chi connectivity index (χ3n) is 5.84. The fraction of sp³-hybridized carbons (Fsp3) is 1.00. The first-order valence-corrected chi connectivity index (χ1v) is 8.83. The van der Waals surface area contributed by atoms with Crippen molar-refractivity contribution in [3.63, 3.8) is 0 Å². The van der Waals surface area contributed by atoms with Crippen molar-refractivity contribution in [1.29, 1.82) is 0 Å². The Bertz CT molecular complexity index is 257. The van der Waals surface area contributed by atoms with E-state index in [1.54, 1.807) is 0 Å². The molecule has 1 spiro atoms. The summed E-state index contributed by atoms with van der Waals surface area (Å²) in [5.74, 6) is 0. The predicted octanol–water partition coefficient (Wildman–Crippen LogP) is 3.56. The molecule has 3 fully saturated rings. The fourth-order valence-electron chi connectivity index (χ4n) is 4.74.